The van der Waals surface area contributed by atoms with Gasteiger partial charge in [-0.3, -0.25) is 9.59 Å². The number of ketones is 1. The van der Waals surface area contributed by atoms with Crippen molar-refractivity contribution in [3.63, 3.8) is 0 Å². The largest absolute Gasteiger partial charge is 0.484 e. The van der Waals surface area contributed by atoms with Gasteiger partial charge in [0.2, 0.25) is 0 Å². The van der Waals surface area contributed by atoms with E-state index < -0.39 is 0 Å². The molecule has 1 fully saturated rings. The second-order valence-corrected chi connectivity index (χ2v) is 6.84. The van der Waals surface area contributed by atoms with Crippen molar-refractivity contribution >= 4 is 23.1 Å². The van der Waals surface area contributed by atoms with Crippen LogP contribution >= 0.6 is 0 Å². The molecule has 0 radical (unpaired) electrons. The number of amides is 1. The molecular weight excluding hydrogens is 340 g/mol. The molecule has 1 aliphatic rings. The predicted octanol–water partition coefficient (Wildman–Crippen LogP) is 4.29. The van der Waals surface area contributed by atoms with Crippen LogP contribution in [0.2, 0.25) is 0 Å². The molecule has 1 aliphatic heterocycles. The summed E-state index contributed by atoms with van der Waals surface area (Å²) in [5.74, 6) is 0.369. The summed E-state index contributed by atoms with van der Waals surface area (Å²) in [6.07, 6.45) is 4.89. The third-order valence-corrected chi connectivity index (χ3v) is 4.76. The maximum atomic E-state index is 12.4. The second-order valence-electron chi connectivity index (χ2n) is 6.84. The summed E-state index contributed by atoms with van der Waals surface area (Å²) in [4.78, 5) is 26.0. The fraction of sp³-hybridized carbons (Fsp3) is 0.364. The van der Waals surface area contributed by atoms with Gasteiger partial charge in [0.1, 0.15) is 5.75 Å². The molecule has 27 heavy (non-hydrogen) atoms. The molecule has 0 aromatic heterocycles. The lowest BCUT2D eigenvalue weighted by atomic mass is 10.1. The quantitative estimate of drug-likeness (QED) is 0.775. The Morgan fingerprint density at radius 1 is 0.963 bits per heavy atom. The van der Waals surface area contributed by atoms with Crippen LogP contribution < -0.4 is 15.0 Å². The van der Waals surface area contributed by atoms with Crippen LogP contribution in [0.1, 0.15) is 43.0 Å². The van der Waals surface area contributed by atoms with Crippen LogP contribution in [-0.2, 0) is 4.79 Å². The number of anilines is 2. The van der Waals surface area contributed by atoms with E-state index in [0.29, 0.717) is 11.3 Å². The monoisotopic (exact) mass is 366 g/mol. The minimum absolute atomic E-state index is 0.00409. The van der Waals surface area contributed by atoms with Gasteiger partial charge in [-0.15, -0.1) is 0 Å². The third-order valence-electron chi connectivity index (χ3n) is 4.76. The molecule has 5 heteroatoms. The number of para-hydroxylation sites is 2. The molecule has 0 spiro atoms. The van der Waals surface area contributed by atoms with Crippen molar-refractivity contribution in [3.8, 4) is 5.75 Å². The van der Waals surface area contributed by atoms with Crippen LogP contribution in [0.5, 0.6) is 5.75 Å². The molecular formula is C22H26N2O3. The van der Waals surface area contributed by atoms with Gasteiger partial charge in [-0.2, -0.15) is 0 Å². The summed E-state index contributed by atoms with van der Waals surface area (Å²) < 4.78 is 5.54. The van der Waals surface area contributed by atoms with E-state index in [-0.39, 0.29) is 18.3 Å². The van der Waals surface area contributed by atoms with Crippen molar-refractivity contribution in [2.45, 2.75) is 32.6 Å². The van der Waals surface area contributed by atoms with Gasteiger partial charge in [0.05, 0.1) is 11.4 Å². The maximum absolute atomic E-state index is 12.4. The highest BCUT2D eigenvalue weighted by Crippen LogP contribution is 2.28. The van der Waals surface area contributed by atoms with Crippen molar-refractivity contribution < 1.29 is 14.3 Å². The number of carbonyl (C=O) groups is 2. The minimum atomic E-state index is -0.201. The smallest absolute Gasteiger partial charge is 0.262 e. The second kappa shape index (κ2) is 9.21. The molecule has 0 atom stereocenters. The highest BCUT2D eigenvalue weighted by atomic mass is 16.5. The molecule has 2 aromatic rings. The first-order valence-electron chi connectivity index (χ1n) is 9.51. The highest BCUT2D eigenvalue weighted by molar-refractivity contribution is 5.95. The summed E-state index contributed by atoms with van der Waals surface area (Å²) >= 11 is 0. The number of nitrogens with zero attached hydrogens (tertiary/aromatic N) is 1. The fourth-order valence-electron chi connectivity index (χ4n) is 3.29. The van der Waals surface area contributed by atoms with Crippen molar-refractivity contribution in [1.29, 1.82) is 0 Å². The fourth-order valence-corrected chi connectivity index (χ4v) is 3.29. The molecule has 0 saturated carbocycles. The number of carbonyl (C=O) groups excluding carboxylic acids is 2. The van der Waals surface area contributed by atoms with Crippen LogP contribution in [0, 0.1) is 0 Å². The zero-order chi connectivity index (χ0) is 19.1. The number of nitrogens with one attached hydrogen (secondary N) is 1. The van der Waals surface area contributed by atoms with E-state index in [4.69, 9.17) is 4.74 Å². The summed E-state index contributed by atoms with van der Waals surface area (Å²) in [5.41, 5.74) is 2.51. The number of rotatable bonds is 6. The van der Waals surface area contributed by atoms with E-state index in [9.17, 15) is 9.59 Å². The molecule has 2 aromatic carbocycles. The average Bonchev–Trinajstić information content (AvgIpc) is 2.96. The van der Waals surface area contributed by atoms with E-state index >= 15 is 0 Å². The van der Waals surface area contributed by atoms with Crippen molar-refractivity contribution in [2.75, 3.05) is 29.9 Å². The van der Waals surface area contributed by atoms with Crippen LogP contribution in [-0.4, -0.2) is 31.4 Å². The van der Waals surface area contributed by atoms with E-state index in [1.807, 2.05) is 18.2 Å². The Morgan fingerprint density at radius 2 is 1.63 bits per heavy atom. The first kappa shape index (κ1) is 19.0. The summed E-state index contributed by atoms with van der Waals surface area (Å²) in [5, 5.41) is 2.97. The molecule has 142 valence electrons. The molecule has 0 bridgehead atoms. The third kappa shape index (κ3) is 5.33. The highest BCUT2D eigenvalue weighted by Gasteiger charge is 2.15. The lowest BCUT2D eigenvalue weighted by molar-refractivity contribution is -0.118. The molecule has 1 N–H and O–H groups in total. The van der Waals surface area contributed by atoms with Gasteiger partial charge in [0.25, 0.3) is 5.91 Å². The molecule has 1 amide bonds. The molecule has 1 heterocycles. The van der Waals surface area contributed by atoms with Gasteiger partial charge >= 0.3 is 0 Å². The molecule has 0 aliphatic carbocycles. The lowest BCUT2D eigenvalue weighted by Crippen LogP contribution is -2.27. The van der Waals surface area contributed by atoms with Gasteiger partial charge in [0.15, 0.2) is 12.4 Å². The SMILES string of the molecule is CC(=O)c1ccc(OCC(=O)Nc2ccccc2N2CCCCCC2)cc1. The van der Waals surface area contributed by atoms with Gasteiger partial charge in [0, 0.05) is 18.7 Å². The van der Waals surface area contributed by atoms with Crippen molar-refractivity contribution in [3.05, 3.63) is 54.1 Å². The Balaban J connectivity index is 1.60. The Labute approximate surface area is 160 Å². The normalized spacial score (nSPS) is 14.3. The Hall–Kier alpha value is -2.82. The summed E-state index contributed by atoms with van der Waals surface area (Å²) in [7, 11) is 0. The van der Waals surface area contributed by atoms with Gasteiger partial charge in [-0.25, -0.2) is 0 Å². The summed E-state index contributed by atoms with van der Waals surface area (Å²) in [6, 6.07) is 14.7. The van der Waals surface area contributed by atoms with Gasteiger partial charge in [-0.05, 0) is 56.2 Å². The van der Waals surface area contributed by atoms with Crippen LogP contribution in [0.15, 0.2) is 48.5 Å². The van der Waals surface area contributed by atoms with Crippen LogP contribution in [0.4, 0.5) is 11.4 Å². The van der Waals surface area contributed by atoms with Crippen molar-refractivity contribution in [1.82, 2.24) is 0 Å². The molecule has 1 saturated heterocycles. The van der Waals surface area contributed by atoms with E-state index in [1.165, 1.54) is 32.6 Å². The lowest BCUT2D eigenvalue weighted by Gasteiger charge is -2.25. The topological polar surface area (TPSA) is 58.6 Å². The van der Waals surface area contributed by atoms with Crippen molar-refractivity contribution in [2.24, 2.45) is 0 Å². The molecule has 0 unspecified atom stereocenters. The average molecular weight is 366 g/mol. The van der Waals surface area contributed by atoms with E-state index in [1.54, 1.807) is 24.3 Å². The molecule has 5 nitrogen and oxygen atoms in total. The number of benzene rings is 2. The first-order valence-corrected chi connectivity index (χ1v) is 9.51. The van der Waals surface area contributed by atoms with Crippen LogP contribution in [0.25, 0.3) is 0 Å². The van der Waals surface area contributed by atoms with E-state index in [2.05, 4.69) is 16.3 Å². The predicted molar refractivity (Wildman–Crippen MR) is 108 cm³/mol. The molecule has 3 rings (SSSR count). The Bertz CT molecular complexity index is 778. The zero-order valence-corrected chi connectivity index (χ0v) is 15.7. The number of hydrogen-bond donors (Lipinski definition) is 1. The number of hydrogen-bond acceptors (Lipinski definition) is 4. The number of Topliss-reactive ketones (excluding diaryl/α,β-unsaturated/α-hetero) is 1. The minimum Gasteiger partial charge on any atom is -0.484 e. The van der Waals surface area contributed by atoms with Gasteiger partial charge < -0.3 is 15.0 Å². The number of ether oxygens (including phenoxy) is 1. The Kier molecular flexibility index (Phi) is 6.47. The summed E-state index contributed by atoms with van der Waals surface area (Å²) in [6.45, 7) is 3.48. The first-order chi connectivity index (χ1) is 13.1. The maximum Gasteiger partial charge on any atom is 0.262 e. The standard InChI is InChI=1S/C22H26N2O3/c1-17(25)18-10-12-19(13-11-18)27-16-22(26)23-20-8-4-5-9-21(20)24-14-6-2-3-7-15-24/h4-5,8-13H,2-3,6-7,14-16H2,1H3,(H,23,26). The Morgan fingerprint density at radius 3 is 2.30 bits per heavy atom. The van der Waals surface area contributed by atoms with Crippen LogP contribution in [0.3, 0.4) is 0 Å². The zero-order valence-electron chi connectivity index (χ0n) is 15.7. The van der Waals surface area contributed by atoms with Gasteiger partial charge in [-0.1, -0.05) is 25.0 Å². The van der Waals surface area contributed by atoms with E-state index in [0.717, 1.165) is 24.5 Å².